The van der Waals surface area contributed by atoms with Crippen LogP contribution in [0.1, 0.15) is 48.0 Å². The fourth-order valence-corrected chi connectivity index (χ4v) is 6.90. The summed E-state index contributed by atoms with van der Waals surface area (Å²) in [6, 6.07) is 0.205. The maximum Gasteiger partial charge on any atom is 0.246 e. The molecule has 0 aromatic carbocycles. The molecule has 4 N–H and O–H groups in total. The first-order valence-corrected chi connectivity index (χ1v) is 21.6. The molecule has 57 heavy (non-hydrogen) atoms. The number of thioether (sulfide) groups is 1. The van der Waals surface area contributed by atoms with Crippen LogP contribution >= 0.6 is 11.8 Å². The molecule has 0 bridgehead atoms. The molecule has 2 aliphatic rings. The molecule has 0 aliphatic carbocycles. The SMILES string of the molecule is CC(C)CNC(=O)COCCOCCOCCNC1CN(CCN2C(=O)CC(SCC(=O)C(C)C)C2=O)CC1NCCOCCOCCOCC(=O)NCC(C)C. The van der Waals surface area contributed by atoms with Gasteiger partial charge in [-0.3, -0.25) is 33.8 Å². The summed E-state index contributed by atoms with van der Waals surface area (Å²) < 4.78 is 33.3. The number of likely N-dealkylation sites (tertiary alicyclic amines) is 2. The van der Waals surface area contributed by atoms with Crippen LogP contribution in [-0.2, 0) is 52.4 Å². The third-order valence-corrected chi connectivity index (χ3v) is 10.2. The summed E-state index contributed by atoms with van der Waals surface area (Å²) >= 11 is 1.27. The molecule has 2 fully saturated rings. The quantitative estimate of drug-likeness (QED) is 0.0490. The Balaban J connectivity index is 1.68. The van der Waals surface area contributed by atoms with Crippen molar-refractivity contribution in [2.45, 2.75) is 65.3 Å². The van der Waals surface area contributed by atoms with Crippen LogP contribution in [0.25, 0.3) is 0 Å². The number of Topliss-reactive ketones (excluding diaryl/α,β-unsaturated/α-hetero) is 1. The Bertz CT molecular complexity index is 1110. The number of carbonyl (C=O) groups is 5. The maximum atomic E-state index is 13.0. The van der Waals surface area contributed by atoms with E-state index in [0.717, 1.165) is 13.1 Å². The van der Waals surface area contributed by atoms with Gasteiger partial charge in [0.15, 0.2) is 0 Å². The molecule has 3 unspecified atom stereocenters. The van der Waals surface area contributed by atoms with Crippen LogP contribution in [0.4, 0.5) is 0 Å². The Labute approximate surface area is 344 Å². The number of ether oxygens (including phenoxy) is 6. The molecule has 0 aromatic rings. The molecule has 2 heterocycles. The summed E-state index contributed by atoms with van der Waals surface area (Å²) in [5.74, 6) is 0.336. The second-order valence-corrected chi connectivity index (χ2v) is 16.5. The van der Waals surface area contributed by atoms with E-state index in [9.17, 15) is 24.0 Å². The van der Waals surface area contributed by atoms with Gasteiger partial charge in [0.25, 0.3) is 0 Å². The highest BCUT2D eigenvalue weighted by Gasteiger charge is 2.40. The largest absolute Gasteiger partial charge is 0.378 e. The van der Waals surface area contributed by atoms with Gasteiger partial charge in [-0.25, -0.2) is 0 Å². The van der Waals surface area contributed by atoms with E-state index in [4.69, 9.17) is 28.4 Å². The Morgan fingerprint density at radius 1 is 0.649 bits per heavy atom. The lowest BCUT2D eigenvalue weighted by Gasteiger charge is -2.21. The van der Waals surface area contributed by atoms with Gasteiger partial charge in [-0.2, -0.15) is 0 Å². The standard InChI is InChI=1S/C39H72N6O11S/c1-29(2)22-42-36(47)26-55-19-17-53-15-13-51-11-7-40-32-24-44(9-10-45-38(49)21-35(39(45)50)57-28-34(46)31(5)6)25-33(32)41-8-12-52-14-16-54-18-20-56-27-37(48)43-23-30(3)4/h29-33,35,40-41H,7-28H2,1-6H3,(H,42,47)(H,43,48). The predicted octanol–water partition coefficient (Wildman–Crippen LogP) is -0.0518. The van der Waals surface area contributed by atoms with Crippen molar-refractivity contribution in [2.75, 3.05) is 137 Å². The number of imide groups is 1. The Hall–Kier alpha value is -2.26. The Morgan fingerprint density at radius 3 is 1.53 bits per heavy atom. The average Bonchev–Trinajstić information content (AvgIpc) is 3.69. The van der Waals surface area contributed by atoms with E-state index in [2.05, 4.69) is 26.2 Å². The van der Waals surface area contributed by atoms with Gasteiger partial charge in [0, 0.05) is 76.8 Å². The van der Waals surface area contributed by atoms with Gasteiger partial charge < -0.3 is 49.7 Å². The van der Waals surface area contributed by atoms with Gasteiger partial charge >= 0.3 is 0 Å². The summed E-state index contributed by atoms with van der Waals surface area (Å²) in [4.78, 5) is 64.9. The molecule has 2 rings (SSSR count). The van der Waals surface area contributed by atoms with Crippen LogP contribution in [0, 0.1) is 17.8 Å². The van der Waals surface area contributed by atoms with Crippen molar-refractivity contribution in [3.8, 4) is 0 Å². The number of hydrogen-bond donors (Lipinski definition) is 4. The van der Waals surface area contributed by atoms with Gasteiger partial charge in [-0.05, 0) is 11.8 Å². The lowest BCUT2D eigenvalue weighted by molar-refractivity contribution is -0.138. The second-order valence-electron chi connectivity index (χ2n) is 15.3. The smallest absolute Gasteiger partial charge is 0.246 e. The fourth-order valence-electron chi connectivity index (χ4n) is 5.67. The molecule has 330 valence electrons. The normalized spacial score (nSPS) is 18.8. The summed E-state index contributed by atoms with van der Waals surface area (Å²) in [5, 5.41) is 12.3. The van der Waals surface area contributed by atoms with Crippen molar-refractivity contribution in [3.05, 3.63) is 0 Å². The van der Waals surface area contributed by atoms with Crippen molar-refractivity contribution >= 4 is 41.2 Å². The zero-order chi connectivity index (χ0) is 41.8. The molecule has 18 heteroatoms. The first-order valence-electron chi connectivity index (χ1n) is 20.5. The van der Waals surface area contributed by atoms with E-state index in [1.807, 2.05) is 41.5 Å². The number of nitrogens with one attached hydrogen (secondary N) is 4. The summed E-state index contributed by atoms with van der Waals surface area (Å²) in [7, 11) is 0. The number of nitrogens with zero attached hydrogens (tertiary/aromatic N) is 2. The predicted molar refractivity (Wildman–Crippen MR) is 218 cm³/mol. The average molecular weight is 833 g/mol. The van der Waals surface area contributed by atoms with E-state index in [0.29, 0.717) is 117 Å². The Morgan fingerprint density at radius 2 is 1.09 bits per heavy atom. The highest BCUT2D eigenvalue weighted by Crippen LogP contribution is 2.26. The van der Waals surface area contributed by atoms with Crippen molar-refractivity contribution < 1.29 is 52.4 Å². The lowest BCUT2D eigenvalue weighted by Crippen LogP contribution is -2.48. The summed E-state index contributed by atoms with van der Waals surface area (Å²) in [5.41, 5.74) is 0. The molecule has 0 saturated carbocycles. The Kier molecular flexibility index (Phi) is 27.4. The van der Waals surface area contributed by atoms with Crippen LogP contribution in [0.5, 0.6) is 0 Å². The van der Waals surface area contributed by atoms with Crippen molar-refractivity contribution in [1.82, 2.24) is 31.1 Å². The van der Waals surface area contributed by atoms with Crippen molar-refractivity contribution in [2.24, 2.45) is 17.8 Å². The topological polar surface area (TPSA) is 195 Å². The van der Waals surface area contributed by atoms with Gasteiger partial charge in [0.05, 0.1) is 77.1 Å². The number of rotatable bonds is 35. The van der Waals surface area contributed by atoms with E-state index in [1.54, 1.807) is 0 Å². The molecule has 2 aliphatic heterocycles. The van der Waals surface area contributed by atoms with Gasteiger partial charge in [0.2, 0.25) is 23.6 Å². The monoisotopic (exact) mass is 832 g/mol. The number of carbonyl (C=O) groups excluding carboxylic acids is 5. The molecule has 0 aromatic heterocycles. The minimum Gasteiger partial charge on any atom is -0.378 e. The first kappa shape index (κ1) is 50.9. The third kappa shape index (κ3) is 23.8. The minimum absolute atomic E-state index is 0.0177. The van der Waals surface area contributed by atoms with Crippen LogP contribution in [-0.4, -0.2) is 194 Å². The number of hydrogen-bond acceptors (Lipinski definition) is 15. The van der Waals surface area contributed by atoms with Crippen LogP contribution in [0.3, 0.4) is 0 Å². The molecule has 4 amide bonds. The zero-order valence-corrected chi connectivity index (χ0v) is 36.1. The van der Waals surface area contributed by atoms with Crippen molar-refractivity contribution in [3.63, 3.8) is 0 Å². The molecular weight excluding hydrogens is 761 g/mol. The van der Waals surface area contributed by atoms with Crippen LogP contribution in [0.15, 0.2) is 0 Å². The molecule has 2 saturated heterocycles. The highest BCUT2D eigenvalue weighted by molar-refractivity contribution is 8.01. The molecule has 0 spiro atoms. The second kappa shape index (κ2) is 30.7. The zero-order valence-electron chi connectivity index (χ0n) is 35.3. The minimum atomic E-state index is -0.500. The molecule has 3 atom stereocenters. The van der Waals surface area contributed by atoms with E-state index in [1.165, 1.54) is 16.7 Å². The number of amides is 4. The summed E-state index contributed by atoms with van der Waals surface area (Å²) in [6.07, 6.45) is 0.134. The lowest BCUT2D eigenvalue weighted by atomic mass is 10.1. The van der Waals surface area contributed by atoms with Gasteiger partial charge in [-0.15, -0.1) is 11.8 Å². The molecule has 0 radical (unpaired) electrons. The van der Waals surface area contributed by atoms with Crippen molar-refractivity contribution in [1.29, 1.82) is 0 Å². The van der Waals surface area contributed by atoms with Crippen LogP contribution in [0.2, 0.25) is 0 Å². The maximum absolute atomic E-state index is 13.0. The van der Waals surface area contributed by atoms with Crippen LogP contribution < -0.4 is 21.3 Å². The number of ketones is 1. The molecular formula is C39H72N6O11S. The molecule has 17 nitrogen and oxygen atoms in total. The van der Waals surface area contributed by atoms with E-state index < -0.39 is 5.25 Å². The van der Waals surface area contributed by atoms with E-state index in [-0.39, 0.29) is 72.8 Å². The fraction of sp³-hybridized carbons (Fsp3) is 0.872. The third-order valence-electron chi connectivity index (χ3n) is 8.98. The first-order chi connectivity index (χ1) is 27.4. The van der Waals surface area contributed by atoms with Gasteiger partial charge in [0.1, 0.15) is 19.0 Å². The summed E-state index contributed by atoms with van der Waals surface area (Å²) in [6.45, 7) is 20.8. The van der Waals surface area contributed by atoms with E-state index >= 15 is 0 Å². The highest BCUT2D eigenvalue weighted by atomic mass is 32.2. The van der Waals surface area contributed by atoms with Gasteiger partial charge in [-0.1, -0.05) is 41.5 Å².